The van der Waals surface area contributed by atoms with Crippen LogP contribution in [0, 0.1) is 11.3 Å². The molecule has 7 nitrogen and oxygen atoms in total. The Labute approximate surface area is 205 Å². The number of carboxylic acids is 1. The van der Waals surface area contributed by atoms with Crippen LogP contribution in [0.2, 0.25) is 0 Å². The van der Waals surface area contributed by atoms with Crippen molar-refractivity contribution < 1.29 is 24.2 Å². The number of ether oxygens (including phenoxy) is 1. The number of nitrogens with one attached hydrogen (secondary N) is 1. The van der Waals surface area contributed by atoms with Crippen LogP contribution in [0.25, 0.3) is 11.1 Å². The standard InChI is InChI=1S/C28H32N2O5/c1-28(26(32)33)11-6-12-30(17-28)25(31)15-18-13-19(14-18)29-27(34)35-16-24-22-9-4-2-7-20(22)21-8-3-5-10-23(21)24/h2-5,7-10,18-19,24H,6,11-17H2,1H3,(H,29,34)(H,32,33). The predicted octanol–water partition coefficient (Wildman–Crippen LogP) is 4.41. The molecule has 2 aliphatic carbocycles. The Hall–Kier alpha value is -3.35. The van der Waals surface area contributed by atoms with Gasteiger partial charge in [0.2, 0.25) is 5.91 Å². The van der Waals surface area contributed by atoms with Crippen molar-refractivity contribution in [2.45, 2.75) is 51.0 Å². The van der Waals surface area contributed by atoms with Gasteiger partial charge in [-0.3, -0.25) is 9.59 Å². The van der Waals surface area contributed by atoms with Gasteiger partial charge in [0.25, 0.3) is 0 Å². The first kappa shape index (κ1) is 23.4. The third-order valence-electron chi connectivity index (χ3n) is 7.93. The molecule has 7 heteroatoms. The molecular formula is C28H32N2O5. The largest absolute Gasteiger partial charge is 0.481 e. The Balaban J connectivity index is 1.08. The number of alkyl carbamates (subject to hydrolysis) is 1. The molecule has 1 saturated carbocycles. The topological polar surface area (TPSA) is 95.9 Å². The maximum absolute atomic E-state index is 12.7. The highest BCUT2D eigenvalue weighted by Crippen LogP contribution is 2.44. The summed E-state index contributed by atoms with van der Waals surface area (Å²) in [6, 6.07) is 16.5. The average molecular weight is 477 g/mol. The summed E-state index contributed by atoms with van der Waals surface area (Å²) in [6.07, 6.45) is 2.76. The molecule has 2 aromatic carbocycles. The molecule has 35 heavy (non-hydrogen) atoms. The van der Waals surface area contributed by atoms with Gasteiger partial charge < -0.3 is 20.1 Å². The van der Waals surface area contributed by atoms with Crippen LogP contribution in [0.5, 0.6) is 0 Å². The number of carbonyl (C=O) groups excluding carboxylic acids is 2. The van der Waals surface area contributed by atoms with E-state index in [4.69, 9.17) is 4.74 Å². The number of fused-ring (bicyclic) bond motifs is 3. The van der Waals surface area contributed by atoms with Crippen LogP contribution in [0.4, 0.5) is 4.79 Å². The summed E-state index contributed by atoms with van der Waals surface area (Å²) in [6.45, 7) is 2.89. The van der Waals surface area contributed by atoms with E-state index >= 15 is 0 Å². The number of carbonyl (C=O) groups is 3. The van der Waals surface area contributed by atoms with Crippen molar-refractivity contribution in [3.05, 3.63) is 59.7 Å². The van der Waals surface area contributed by atoms with Crippen LogP contribution < -0.4 is 5.32 Å². The monoisotopic (exact) mass is 476 g/mol. The van der Waals surface area contributed by atoms with E-state index in [1.54, 1.807) is 11.8 Å². The smallest absolute Gasteiger partial charge is 0.407 e. The molecule has 1 atom stereocenters. The molecule has 1 unspecified atom stereocenters. The first-order valence-electron chi connectivity index (χ1n) is 12.5. The highest BCUT2D eigenvalue weighted by atomic mass is 16.5. The van der Waals surface area contributed by atoms with E-state index in [2.05, 4.69) is 29.6 Å². The minimum atomic E-state index is -0.859. The molecule has 2 aromatic rings. The van der Waals surface area contributed by atoms with Crippen LogP contribution >= 0.6 is 0 Å². The van der Waals surface area contributed by atoms with Crippen molar-refractivity contribution in [2.75, 3.05) is 19.7 Å². The summed E-state index contributed by atoms with van der Waals surface area (Å²) in [7, 11) is 0. The fraction of sp³-hybridized carbons (Fsp3) is 0.464. The quantitative estimate of drug-likeness (QED) is 0.644. The number of hydrogen-bond donors (Lipinski definition) is 2. The maximum atomic E-state index is 12.7. The molecule has 0 bridgehead atoms. The van der Waals surface area contributed by atoms with Gasteiger partial charge in [-0.1, -0.05) is 48.5 Å². The molecular weight excluding hydrogens is 444 g/mol. The van der Waals surface area contributed by atoms with Gasteiger partial charge in [0, 0.05) is 31.5 Å². The second kappa shape index (κ2) is 9.36. The summed E-state index contributed by atoms with van der Waals surface area (Å²) in [5.41, 5.74) is 3.89. The predicted molar refractivity (Wildman–Crippen MR) is 131 cm³/mol. The van der Waals surface area contributed by atoms with Gasteiger partial charge in [0.15, 0.2) is 0 Å². The molecule has 5 rings (SSSR count). The fourth-order valence-corrected chi connectivity index (χ4v) is 5.83. The van der Waals surface area contributed by atoms with Crippen molar-refractivity contribution in [1.29, 1.82) is 0 Å². The maximum Gasteiger partial charge on any atom is 0.407 e. The number of piperidine rings is 1. The molecule has 0 spiro atoms. The lowest BCUT2D eigenvalue weighted by Crippen LogP contribution is -2.50. The van der Waals surface area contributed by atoms with Crippen LogP contribution in [0.1, 0.15) is 56.1 Å². The van der Waals surface area contributed by atoms with Crippen molar-refractivity contribution in [3.63, 3.8) is 0 Å². The number of likely N-dealkylation sites (tertiary alicyclic amines) is 1. The van der Waals surface area contributed by atoms with Crippen molar-refractivity contribution in [3.8, 4) is 11.1 Å². The number of rotatable bonds is 6. The van der Waals surface area contributed by atoms with Crippen LogP contribution in [0.15, 0.2) is 48.5 Å². The van der Waals surface area contributed by atoms with Crippen molar-refractivity contribution in [2.24, 2.45) is 11.3 Å². The minimum absolute atomic E-state index is 0.00842. The number of hydrogen-bond acceptors (Lipinski definition) is 4. The molecule has 2 fully saturated rings. The summed E-state index contributed by atoms with van der Waals surface area (Å²) >= 11 is 0. The number of carboxylic acid groups (broad SMARTS) is 1. The van der Waals surface area contributed by atoms with E-state index in [0.29, 0.717) is 25.8 Å². The third-order valence-corrected chi connectivity index (χ3v) is 7.93. The van der Waals surface area contributed by atoms with E-state index in [9.17, 15) is 19.5 Å². The van der Waals surface area contributed by atoms with Crippen molar-refractivity contribution in [1.82, 2.24) is 10.2 Å². The van der Waals surface area contributed by atoms with Gasteiger partial charge in [0.1, 0.15) is 6.61 Å². The molecule has 3 aliphatic rings. The zero-order chi connectivity index (χ0) is 24.6. The van der Waals surface area contributed by atoms with E-state index in [0.717, 1.165) is 12.8 Å². The fourth-order valence-electron chi connectivity index (χ4n) is 5.83. The molecule has 1 aliphatic heterocycles. The zero-order valence-electron chi connectivity index (χ0n) is 20.0. The summed E-state index contributed by atoms with van der Waals surface area (Å²) in [4.78, 5) is 38.4. The summed E-state index contributed by atoms with van der Waals surface area (Å²) < 4.78 is 5.62. The van der Waals surface area contributed by atoms with Gasteiger partial charge in [-0.15, -0.1) is 0 Å². The van der Waals surface area contributed by atoms with Crippen LogP contribution in [0.3, 0.4) is 0 Å². The van der Waals surface area contributed by atoms with E-state index in [1.165, 1.54) is 22.3 Å². The van der Waals surface area contributed by atoms with Crippen LogP contribution in [-0.4, -0.2) is 53.7 Å². The molecule has 184 valence electrons. The molecule has 2 amide bonds. The van der Waals surface area contributed by atoms with Crippen molar-refractivity contribution >= 4 is 18.0 Å². The molecule has 0 radical (unpaired) electrons. The lowest BCUT2D eigenvalue weighted by atomic mass is 9.77. The second-order valence-corrected chi connectivity index (χ2v) is 10.5. The van der Waals surface area contributed by atoms with Gasteiger partial charge in [-0.2, -0.15) is 0 Å². The second-order valence-electron chi connectivity index (χ2n) is 10.5. The average Bonchev–Trinajstić information content (AvgIpc) is 3.15. The van der Waals surface area contributed by atoms with Gasteiger partial charge >= 0.3 is 12.1 Å². The van der Waals surface area contributed by atoms with Crippen LogP contribution in [-0.2, 0) is 14.3 Å². The highest BCUT2D eigenvalue weighted by Gasteiger charge is 2.41. The third kappa shape index (κ3) is 4.64. The number of benzene rings is 2. The Morgan fingerprint density at radius 3 is 2.31 bits per heavy atom. The van der Waals surface area contributed by atoms with E-state index < -0.39 is 17.5 Å². The number of amides is 2. The van der Waals surface area contributed by atoms with Gasteiger partial charge in [-0.25, -0.2) is 4.79 Å². The van der Waals surface area contributed by atoms with E-state index in [1.807, 2.05) is 24.3 Å². The number of nitrogens with zero attached hydrogens (tertiary/aromatic N) is 1. The molecule has 0 aromatic heterocycles. The Morgan fingerprint density at radius 2 is 1.69 bits per heavy atom. The molecule has 1 saturated heterocycles. The number of aliphatic carboxylic acids is 1. The van der Waals surface area contributed by atoms with Gasteiger partial charge in [-0.05, 0) is 60.8 Å². The first-order valence-corrected chi connectivity index (χ1v) is 12.5. The Bertz CT molecular complexity index is 1100. The highest BCUT2D eigenvalue weighted by molar-refractivity contribution is 5.80. The molecule has 2 N–H and O–H groups in total. The molecule has 1 heterocycles. The van der Waals surface area contributed by atoms with Gasteiger partial charge in [0.05, 0.1) is 5.41 Å². The minimum Gasteiger partial charge on any atom is -0.481 e. The zero-order valence-corrected chi connectivity index (χ0v) is 20.0. The summed E-state index contributed by atoms with van der Waals surface area (Å²) in [5.74, 6) is -0.590. The lowest BCUT2D eigenvalue weighted by molar-refractivity contribution is -0.153. The van der Waals surface area contributed by atoms with E-state index in [-0.39, 0.29) is 36.9 Å². The first-order chi connectivity index (χ1) is 16.8. The SMILES string of the molecule is CC1(C(=O)O)CCCN(C(=O)CC2CC(NC(=O)OCC3c4ccccc4-c4ccccc43)C2)C1. The Morgan fingerprint density at radius 1 is 1.06 bits per heavy atom. The summed E-state index contributed by atoms with van der Waals surface area (Å²) in [5, 5.41) is 12.4. The normalized spacial score (nSPS) is 25.2. The lowest BCUT2D eigenvalue weighted by Gasteiger charge is -2.40. The Kier molecular flexibility index (Phi) is 6.26.